The number of carbonyl (C=O) groups is 2. The van der Waals surface area contributed by atoms with Crippen molar-refractivity contribution in [3.05, 3.63) is 92.1 Å². The molecular weight excluding hydrogens is 517 g/mol. The van der Waals surface area contributed by atoms with Crippen LogP contribution >= 0.6 is 27.7 Å². The van der Waals surface area contributed by atoms with Crippen molar-refractivity contribution in [2.24, 2.45) is 0 Å². The second kappa shape index (κ2) is 8.87. The summed E-state index contributed by atoms with van der Waals surface area (Å²) in [7, 11) is 0. The van der Waals surface area contributed by atoms with E-state index in [0.717, 1.165) is 33.9 Å². The van der Waals surface area contributed by atoms with Crippen molar-refractivity contribution in [3.8, 4) is 5.69 Å². The van der Waals surface area contributed by atoms with Gasteiger partial charge in [-0.2, -0.15) is 13.2 Å². The van der Waals surface area contributed by atoms with E-state index in [-0.39, 0.29) is 16.7 Å². The number of aryl methyl sites for hydroxylation is 1. The van der Waals surface area contributed by atoms with Gasteiger partial charge in [0.2, 0.25) is 0 Å². The lowest BCUT2D eigenvalue weighted by molar-refractivity contribution is -0.137. The van der Waals surface area contributed by atoms with Crippen LogP contribution in [0.5, 0.6) is 0 Å². The number of nitrogens with zero attached hydrogens (tertiary/aromatic N) is 2. The fourth-order valence-electron chi connectivity index (χ4n) is 3.70. The van der Waals surface area contributed by atoms with Crippen LogP contribution in [0, 0.1) is 13.8 Å². The summed E-state index contributed by atoms with van der Waals surface area (Å²) in [5.74, 6) is -0.392. The summed E-state index contributed by atoms with van der Waals surface area (Å²) >= 11 is 4.21. The van der Waals surface area contributed by atoms with E-state index < -0.39 is 17.6 Å². The van der Waals surface area contributed by atoms with Gasteiger partial charge >= 0.3 is 6.18 Å². The fourth-order valence-corrected chi connectivity index (χ4v) is 4.80. The number of benzene rings is 2. The van der Waals surface area contributed by atoms with Crippen LogP contribution in [0.4, 0.5) is 18.0 Å². The van der Waals surface area contributed by atoms with E-state index in [1.54, 1.807) is 36.6 Å². The van der Waals surface area contributed by atoms with Gasteiger partial charge in [0, 0.05) is 21.5 Å². The standard InChI is InChI=1S/C24H18BrF3N2O2S/c1-14-10-17(15(2)30(14)20-5-3-4-18(12-20)24(26,27)28)11-21-22(31)29(23(32)33-21)13-16-6-8-19(25)9-7-16/h3-12H,13H2,1-2H3/b21-11-. The van der Waals surface area contributed by atoms with E-state index in [1.165, 1.54) is 11.0 Å². The lowest BCUT2D eigenvalue weighted by Gasteiger charge is -2.13. The van der Waals surface area contributed by atoms with Gasteiger partial charge in [0.05, 0.1) is 17.0 Å². The highest BCUT2D eigenvalue weighted by Gasteiger charge is 2.35. The van der Waals surface area contributed by atoms with Crippen LogP contribution in [-0.4, -0.2) is 20.6 Å². The first-order chi connectivity index (χ1) is 15.5. The highest BCUT2D eigenvalue weighted by atomic mass is 79.9. The zero-order valence-electron chi connectivity index (χ0n) is 17.6. The second-order valence-corrected chi connectivity index (χ2v) is 9.51. The number of aromatic nitrogens is 1. The first-order valence-corrected chi connectivity index (χ1v) is 11.5. The highest BCUT2D eigenvalue weighted by Crippen LogP contribution is 2.35. The Kier molecular flexibility index (Phi) is 6.28. The number of imide groups is 1. The number of hydrogen-bond acceptors (Lipinski definition) is 3. The third kappa shape index (κ3) is 4.79. The quantitative estimate of drug-likeness (QED) is 0.335. The molecule has 170 valence electrons. The first-order valence-electron chi connectivity index (χ1n) is 9.91. The molecule has 3 aromatic rings. The third-order valence-electron chi connectivity index (χ3n) is 5.32. The molecule has 1 fully saturated rings. The molecule has 9 heteroatoms. The van der Waals surface area contributed by atoms with Gasteiger partial charge in [-0.1, -0.05) is 34.1 Å². The summed E-state index contributed by atoms with van der Waals surface area (Å²) in [5, 5.41) is -0.360. The predicted octanol–water partition coefficient (Wildman–Crippen LogP) is 7.11. The first kappa shape index (κ1) is 23.4. The van der Waals surface area contributed by atoms with Crippen LogP contribution in [0.3, 0.4) is 0 Å². The van der Waals surface area contributed by atoms with Crippen LogP contribution < -0.4 is 0 Å². The van der Waals surface area contributed by atoms with E-state index >= 15 is 0 Å². The maximum atomic E-state index is 13.2. The maximum absolute atomic E-state index is 13.2. The van der Waals surface area contributed by atoms with E-state index in [9.17, 15) is 22.8 Å². The fraction of sp³-hybridized carbons (Fsp3) is 0.167. The smallest absolute Gasteiger partial charge is 0.318 e. The Hall–Kier alpha value is -2.78. The number of hydrogen-bond donors (Lipinski definition) is 0. The lowest BCUT2D eigenvalue weighted by Crippen LogP contribution is -2.27. The molecule has 1 saturated heterocycles. The molecule has 4 rings (SSSR count). The molecular formula is C24H18BrF3N2O2S. The normalized spacial score (nSPS) is 15.7. The van der Waals surface area contributed by atoms with Gasteiger partial charge < -0.3 is 4.57 Å². The molecule has 0 unspecified atom stereocenters. The Morgan fingerprint density at radius 2 is 1.73 bits per heavy atom. The van der Waals surface area contributed by atoms with Gasteiger partial charge in [-0.3, -0.25) is 14.5 Å². The van der Waals surface area contributed by atoms with E-state index in [0.29, 0.717) is 22.6 Å². The summed E-state index contributed by atoms with van der Waals surface area (Å²) < 4.78 is 42.1. The van der Waals surface area contributed by atoms with Gasteiger partial charge in [0.15, 0.2) is 0 Å². The summed E-state index contributed by atoms with van der Waals surface area (Å²) in [6.07, 6.45) is -2.82. The summed E-state index contributed by atoms with van der Waals surface area (Å²) in [6.45, 7) is 3.72. The monoisotopic (exact) mass is 534 g/mol. The number of amides is 2. The van der Waals surface area contributed by atoms with Crippen molar-refractivity contribution in [1.82, 2.24) is 9.47 Å². The Bertz CT molecular complexity index is 1280. The lowest BCUT2D eigenvalue weighted by atomic mass is 10.2. The van der Waals surface area contributed by atoms with Crippen molar-refractivity contribution < 1.29 is 22.8 Å². The van der Waals surface area contributed by atoms with E-state index in [4.69, 9.17) is 0 Å². The topological polar surface area (TPSA) is 42.3 Å². The third-order valence-corrected chi connectivity index (χ3v) is 6.75. The van der Waals surface area contributed by atoms with Crippen LogP contribution in [0.25, 0.3) is 11.8 Å². The second-order valence-electron chi connectivity index (χ2n) is 7.60. The molecule has 0 spiro atoms. The van der Waals surface area contributed by atoms with E-state index in [1.807, 2.05) is 24.3 Å². The minimum atomic E-state index is -4.44. The molecule has 0 aliphatic carbocycles. The Morgan fingerprint density at radius 3 is 2.39 bits per heavy atom. The van der Waals surface area contributed by atoms with Crippen molar-refractivity contribution in [1.29, 1.82) is 0 Å². The molecule has 1 aliphatic rings. The maximum Gasteiger partial charge on any atom is 0.416 e. The van der Waals surface area contributed by atoms with E-state index in [2.05, 4.69) is 15.9 Å². The molecule has 0 saturated carbocycles. The molecule has 2 aromatic carbocycles. The average molecular weight is 535 g/mol. The number of halogens is 4. The molecule has 1 aromatic heterocycles. The molecule has 0 radical (unpaired) electrons. The largest absolute Gasteiger partial charge is 0.416 e. The Morgan fingerprint density at radius 1 is 1.03 bits per heavy atom. The van der Waals surface area contributed by atoms with Crippen LogP contribution in [-0.2, 0) is 17.5 Å². The van der Waals surface area contributed by atoms with Gasteiger partial charge in [0.25, 0.3) is 11.1 Å². The average Bonchev–Trinajstić information content (AvgIpc) is 3.18. The van der Waals surface area contributed by atoms with Crippen LogP contribution in [0.15, 0.2) is 64.0 Å². The number of carbonyl (C=O) groups excluding carboxylic acids is 2. The Balaban J connectivity index is 1.63. The van der Waals surface area contributed by atoms with Crippen molar-refractivity contribution >= 4 is 44.9 Å². The SMILES string of the molecule is Cc1cc(/C=C2\SC(=O)N(Cc3ccc(Br)cc3)C2=O)c(C)n1-c1cccc(C(F)(F)F)c1. The van der Waals surface area contributed by atoms with Gasteiger partial charge in [-0.05, 0) is 79.2 Å². The summed E-state index contributed by atoms with van der Waals surface area (Å²) in [4.78, 5) is 26.8. The number of alkyl halides is 3. The minimum Gasteiger partial charge on any atom is -0.318 e. The molecule has 4 nitrogen and oxygen atoms in total. The molecule has 2 heterocycles. The highest BCUT2D eigenvalue weighted by molar-refractivity contribution is 9.10. The predicted molar refractivity (Wildman–Crippen MR) is 126 cm³/mol. The van der Waals surface area contributed by atoms with Crippen LogP contribution in [0.1, 0.15) is 28.1 Å². The number of thioether (sulfide) groups is 1. The van der Waals surface area contributed by atoms with Crippen molar-refractivity contribution in [2.45, 2.75) is 26.6 Å². The zero-order valence-corrected chi connectivity index (χ0v) is 20.0. The minimum absolute atomic E-state index is 0.165. The van der Waals surface area contributed by atoms with Crippen molar-refractivity contribution in [2.75, 3.05) is 0 Å². The van der Waals surface area contributed by atoms with Crippen LogP contribution in [0.2, 0.25) is 0 Å². The molecule has 0 atom stereocenters. The van der Waals surface area contributed by atoms with Gasteiger partial charge in [-0.15, -0.1) is 0 Å². The number of rotatable bonds is 4. The van der Waals surface area contributed by atoms with Gasteiger partial charge in [-0.25, -0.2) is 0 Å². The van der Waals surface area contributed by atoms with Crippen molar-refractivity contribution in [3.63, 3.8) is 0 Å². The summed E-state index contributed by atoms with van der Waals surface area (Å²) in [6, 6.07) is 14.2. The van der Waals surface area contributed by atoms with Gasteiger partial charge in [0.1, 0.15) is 0 Å². The molecule has 33 heavy (non-hydrogen) atoms. The Labute approximate surface area is 201 Å². The summed E-state index contributed by atoms with van der Waals surface area (Å²) in [5.41, 5.74) is 2.52. The molecule has 0 N–H and O–H groups in total. The molecule has 1 aliphatic heterocycles. The zero-order chi connectivity index (χ0) is 23.9. The molecule has 0 bridgehead atoms. The molecule has 2 amide bonds.